The maximum Gasteiger partial charge on any atom is 0.0353 e. The van der Waals surface area contributed by atoms with Crippen molar-refractivity contribution < 1.29 is 0 Å². The van der Waals surface area contributed by atoms with E-state index in [1.807, 2.05) is 18.0 Å². The average molecular weight is 638 g/mol. The van der Waals surface area contributed by atoms with E-state index in [1.165, 1.54) is 107 Å². The predicted octanol–water partition coefficient (Wildman–Crippen LogP) is 13.6. The van der Waals surface area contributed by atoms with Crippen molar-refractivity contribution in [2.75, 3.05) is 0 Å². The molecule has 0 saturated carbocycles. The molecule has 0 spiro atoms. The van der Waals surface area contributed by atoms with Crippen molar-refractivity contribution in [2.24, 2.45) is 0 Å². The Hall–Kier alpha value is -5.96. The second kappa shape index (κ2) is 10.3. The molecule has 11 rings (SSSR count). The topological polar surface area (TPSA) is 12.9 Å². The van der Waals surface area contributed by atoms with E-state index in [9.17, 15) is 0 Å². The number of rotatable bonds is 3. The summed E-state index contributed by atoms with van der Waals surface area (Å²) in [6.07, 6.45) is 4.01. The Bertz CT molecular complexity index is 3030. The Balaban J connectivity index is 1.21. The highest BCUT2D eigenvalue weighted by Crippen LogP contribution is 2.50. The number of pyridine rings is 1. The van der Waals surface area contributed by atoms with Crippen LogP contribution < -0.4 is 0 Å². The van der Waals surface area contributed by atoms with Gasteiger partial charge >= 0.3 is 0 Å². The second-order valence-corrected chi connectivity index (χ2v) is 14.1. The molecule has 0 aliphatic rings. The monoisotopic (exact) mass is 637 g/mol. The molecule has 49 heavy (non-hydrogen) atoms. The van der Waals surface area contributed by atoms with Gasteiger partial charge in [-0.2, -0.15) is 0 Å². The minimum Gasteiger partial charge on any atom is -0.264 e. The van der Waals surface area contributed by atoms with Crippen LogP contribution in [-0.2, 0) is 0 Å². The van der Waals surface area contributed by atoms with Gasteiger partial charge in [-0.3, -0.25) is 4.98 Å². The summed E-state index contributed by atoms with van der Waals surface area (Å²) in [6, 6.07) is 56.0. The first-order chi connectivity index (χ1) is 24.3. The van der Waals surface area contributed by atoms with Crippen LogP contribution in [0.2, 0.25) is 0 Å². The van der Waals surface area contributed by atoms with Crippen molar-refractivity contribution in [1.29, 1.82) is 0 Å². The van der Waals surface area contributed by atoms with Crippen LogP contribution in [0.4, 0.5) is 0 Å². The minimum atomic E-state index is 1.17. The first-order valence-electron chi connectivity index (χ1n) is 16.8. The molecule has 0 fully saturated rings. The fourth-order valence-corrected chi connectivity index (χ4v) is 9.67. The number of aromatic nitrogens is 1. The van der Waals surface area contributed by atoms with Gasteiger partial charge < -0.3 is 0 Å². The fourth-order valence-electron chi connectivity index (χ4n) is 8.46. The molecular formula is C47H27NS. The lowest BCUT2D eigenvalue weighted by Gasteiger charge is -2.20. The van der Waals surface area contributed by atoms with Crippen LogP contribution in [0.25, 0.3) is 97.3 Å². The van der Waals surface area contributed by atoms with E-state index in [0.29, 0.717) is 0 Å². The average Bonchev–Trinajstić information content (AvgIpc) is 3.17. The molecule has 11 aromatic rings. The third-order valence-electron chi connectivity index (χ3n) is 10.5. The van der Waals surface area contributed by atoms with Crippen molar-refractivity contribution >= 4 is 97.9 Å². The highest BCUT2D eigenvalue weighted by molar-refractivity contribution is 8.00. The number of nitrogens with zero attached hydrogens (tertiary/aromatic N) is 1. The summed E-state index contributed by atoms with van der Waals surface area (Å²) >= 11 is 1.88. The molecule has 0 radical (unpaired) electrons. The van der Waals surface area contributed by atoms with Gasteiger partial charge in [-0.15, -0.1) is 0 Å². The lowest BCUT2D eigenvalue weighted by molar-refractivity contribution is 1.36. The molecule has 0 atom stereocenters. The first-order valence-corrected chi connectivity index (χ1v) is 17.6. The number of fused-ring (bicyclic) bond motifs is 7. The third-order valence-corrected chi connectivity index (χ3v) is 11.7. The van der Waals surface area contributed by atoms with Crippen LogP contribution in [0.1, 0.15) is 0 Å². The van der Waals surface area contributed by atoms with Crippen LogP contribution in [0.15, 0.2) is 174 Å². The van der Waals surface area contributed by atoms with Crippen LogP contribution in [0.5, 0.6) is 0 Å². The Morgan fingerprint density at radius 1 is 0.367 bits per heavy atom. The lowest BCUT2D eigenvalue weighted by atomic mass is 9.88. The molecule has 0 N–H and O–H groups in total. The van der Waals surface area contributed by atoms with E-state index in [1.54, 1.807) is 0 Å². The molecule has 1 aromatic heterocycles. The third kappa shape index (κ3) is 3.81. The Morgan fingerprint density at radius 3 is 1.76 bits per heavy atom. The maximum absolute atomic E-state index is 4.72. The molecule has 1 heterocycles. The van der Waals surface area contributed by atoms with Gasteiger partial charge in [0, 0.05) is 27.6 Å². The zero-order chi connectivity index (χ0) is 32.1. The molecule has 0 aliphatic carbocycles. The molecule has 0 bridgehead atoms. The van der Waals surface area contributed by atoms with Gasteiger partial charge in [-0.05, 0) is 110 Å². The van der Waals surface area contributed by atoms with E-state index in [-0.39, 0.29) is 0 Å². The maximum atomic E-state index is 4.72. The lowest BCUT2D eigenvalue weighted by Crippen LogP contribution is -1.92. The summed E-state index contributed by atoms with van der Waals surface area (Å²) < 4.78 is 0. The molecular weight excluding hydrogens is 611 g/mol. The van der Waals surface area contributed by atoms with Gasteiger partial charge in [-0.25, -0.2) is 0 Å². The van der Waals surface area contributed by atoms with E-state index in [2.05, 4.69) is 158 Å². The molecule has 226 valence electrons. The normalized spacial score (nSPS) is 12.2. The number of benzene rings is 10. The molecule has 1 nitrogen and oxygen atoms in total. The summed E-state index contributed by atoms with van der Waals surface area (Å²) in [6.45, 7) is 0. The van der Waals surface area contributed by atoms with E-state index in [4.69, 9.17) is 4.98 Å². The Morgan fingerprint density at radius 2 is 0.939 bits per heavy atom. The van der Waals surface area contributed by atoms with Gasteiger partial charge in [0.1, 0.15) is 0 Å². The standard InChI is InChI=1S/C47H27NS/c1-2-13-30-29(10-1)26-41(32-15-4-3-14-31(30)32)46-36-16-5-6-17-38(36)47(39-24-25-48-27-42(39)46)49-43-23-22-37-34-19-8-12-28-11-7-18-33(44(28)34)35-20-9-21-40(43)45(35)37/h1-27H. The molecule has 0 amide bonds. The SMILES string of the molecule is c1ccc2c(c1)cc(-c1c3ccccc3c(Sc3ccc4c5cccc6cccc(c7cccc3c74)c65)c3ccncc13)c1ccccc12. The summed E-state index contributed by atoms with van der Waals surface area (Å²) in [5.74, 6) is 0. The van der Waals surface area contributed by atoms with Crippen molar-refractivity contribution in [3.63, 3.8) is 0 Å². The predicted molar refractivity (Wildman–Crippen MR) is 211 cm³/mol. The van der Waals surface area contributed by atoms with Gasteiger partial charge in [-0.1, -0.05) is 145 Å². The highest BCUT2D eigenvalue weighted by Gasteiger charge is 2.21. The van der Waals surface area contributed by atoms with Crippen LogP contribution in [-0.4, -0.2) is 4.98 Å². The Kier molecular flexibility index (Phi) is 5.67. The largest absolute Gasteiger partial charge is 0.264 e. The molecule has 0 aliphatic heterocycles. The highest BCUT2D eigenvalue weighted by atomic mass is 32.2. The summed E-state index contributed by atoms with van der Waals surface area (Å²) in [5.41, 5.74) is 2.49. The van der Waals surface area contributed by atoms with E-state index in [0.717, 1.165) is 0 Å². The van der Waals surface area contributed by atoms with Gasteiger partial charge in [0.25, 0.3) is 0 Å². The first kappa shape index (κ1) is 27.0. The van der Waals surface area contributed by atoms with Crippen LogP contribution in [0, 0.1) is 0 Å². The number of hydrogen-bond donors (Lipinski definition) is 0. The minimum absolute atomic E-state index is 1.17. The van der Waals surface area contributed by atoms with Crippen molar-refractivity contribution in [3.8, 4) is 11.1 Å². The summed E-state index contributed by atoms with van der Waals surface area (Å²) in [5, 5.41) is 20.5. The molecule has 0 saturated heterocycles. The zero-order valence-corrected chi connectivity index (χ0v) is 27.3. The van der Waals surface area contributed by atoms with Crippen molar-refractivity contribution in [2.45, 2.75) is 9.79 Å². The number of hydrogen-bond acceptors (Lipinski definition) is 2. The van der Waals surface area contributed by atoms with Crippen molar-refractivity contribution in [3.05, 3.63) is 164 Å². The Labute approximate surface area is 286 Å². The molecule has 10 aromatic carbocycles. The summed E-state index contributed by atoms with van der Waals surface area (Å²) in [7, 11) is 0. The van der Waals surface area contributed by atoms with Gasteiger partial charge in [0.05, 0.1) is 0 Å². The zero-order valence-electron chi connectivity index (χ0n) is 26.4. The van der Waals surface area contributed by atoms with Crippen LogP contribution in [0.3, 0.4) is 0 Å². The quantitative estimate of drug-likeness (QED) is 0.141. The van der Waals surface area contributed by atoms with Crippen LogP contribution >= 0.6 is 11.8 Å². The fraction of sp³-hybridized carbons (Fsp3) is 0. The van der Waals surface area contributed by atoms with E-state index >= 15 is 0 Å². The van der Waals surface area contributed by atoms with Crippen molar-refractivity contribution in [1.82, 2.24) is 4.98 Å². The summed E-state index contributed by atoms with van der Waals surface area (Å²) in [4.78, 5) is 7.25. The smallest absolute Gasteiger partial charge is 0.0353 e. The van der Waals surface area contributed by atoms with Gasteiger partial charge in [0.15, 0.2) is 0 Å². The van der Waals surface area contributed by atoms with Gasteiger partial charge in [0.2, 0.25) is 0 Å². The van der Waals surface area contributed by atoms with E-state index < -0.39 is 0 Å². The second-order valence-electron chi connectivity index (χ2n) is 13.0. The molecule has 0 unspecified atom stereocenters. The molecule has 2 heteroatoms.